The van der Waals surface area contributed by atoms with Gasteiger partial charge < -0.3 is 10.6 Å². The van der Waals surface area contributed by atoms with Crippen molar-refractivity contribution in [2.24, 2.45) is 0 Å². The van der Waals surface area contributed by atoms with Gasteiger partial charge in [0, 0.05) is 30.2 Å². The van der Waals surface area contributed by atoms with Crippen LogP contribution in [0, 0.1) is 13.8 Å². The van der Waals surface area contributed by atoms with E-state index in [-0.39, 0.29) is 5.91 Å². The van der Waals surface area contributed by atoms with Crippen molar-refractivity contribution in [2.45, 2.75) is 20.3 Å². The van der Waals surface area contributed by atoms with E-state index < -0.39 is 0 Å². The Morgan fingerprint density at radius 3 is 2.58 bits per heavy atom. The van der Waals surface area contributed by atoms with Gasteiger partial charge in [0.1, 0.15) is 0 Å². The van der Waals surface area contributed by atoms with E-state index in [0.29, 0.717) is 13.0 Å². The number of pyridine rings is 1. The Balaban J connectivity index is 1.59. The van der Waals surface area contributed by atoms with Crippen molar-refractivity contribution < 1.29 is 4.79 Å². The van der Waals surface area contributed by atoms with E-state index in [0.717, 1.165) is 22.3 Å². The number of hydrogen-bond acceptors (Lipinski definition) is 3. The topological polar surface area (TPSA) is 54.0 Å². The Morgan fingerprint density at radius 2 is 1.79 bits per heavy atom. The molecule has 1 amide bonds. The second-order valence-electron chi connectivity index (χ2n) is 5.98. The molecule has 1 heterocycles. The summed E-state index contributed by atoms with van der Waals surface area (Å²) in [4.78, 5) is 16.6. The highest BCUT2D eigenvalue weighted by atomic mass is 16.1. The van der Waals surface area contributed by atoms with Crippen molar-refractivity contribution >= 4 is 28.2 Å². The number of carbonyl (C=O) groups excluding carboxylic acids is 1. The quantitative estimate of drug-likeness (QED) is 0.737. The van der Waals surface area contributed by atoms with Crippen molar-refractivity contribution in [3.63, 3.8) is 0 Å². The largest absolute Gasteiger partial charge is 0.385 e. The van der Waals surface area contributed by atoms with E-state index in [1.54, 1.807) is 6.20 Å². The molecule has 3 aromatic rings. The van der Waals surface area contributed by atoms with Crippen LogP contribution in [-0.4, -0.2) is 17.4 Å². The Hall–Kier alpha value is -2.88. The Kier molecular flexibility index (Phi) is 4.75. The number of carbonyl (C=O) groups is 1. The molecule has 3 rings (SSSR count). The van der Waals surface area contributed by atoms with Gasteiger partial charge in [0.25, 0.3) is 0 Å². The Morgan fingerprint density at radius 1 is 1.04 bits per heavy atom. The molecule has 0 atom stereocenters. The molecule has 2 N–H and O–H groups in total. The number of rotatable bonds is 5. The molecule has 0 fully saturated rings. The molecule has 4 heteroatoms. The molecule has 1 aromatic heterocycles. The monoisotopic (exact) mass is 319 g/mol. The summed E-state index contributed by atoms with van der Waals surface area (Å²) in [6.07, 6.45) is 2.13. The molecule has 24 heavy (non-hydrogen) atoms. The molecular weight excluding hydrogens is 298 g/mol. The molecule has 0 bridgehead atoms. The highest BCUT2D eigenvalue weighted by Gasteiger charge is 2.06. The first kappa shape index (κ1) is 16.0. The van der Waals surface area contributed by atoms with Crippen LogP contribution < -0.4 is 10.6 Å². The standard InChI is InChI=1S/C20H21N3O/c1-14-11-15(2)13-17(12-14)21-10-8-19(24)23-18-7-3-5-16-6-4-9-22-20(16)18/h3-7,9,11-13,21H,8,10H2,1-2H3,(H,23,24). The molecule has 0 unspecified atom stereocenters. The lowest BCUT2D eigenvalue weighted by Crippen LogP contribution is -2.16. The zero-order valence-electron chi connectivity index (χ0n) is 14.0. The third kappa shape index (κ3) is 3.90. The number of nitrogens with one attached hydrogen (secondary N) is 2. The first-order valence-corrected chi connectivity index (χ1v) is 8.07. The average Bonchev–Trinajstić information content (AvgIpc) is 2.54. The van der Waals surface area contributed by atoms with Crippen molar-refractivity contribution in [3.05, 3.63) is 65.9 Å². The number of anilines is 2. The molecule has 0 radical (unpaired) electrons. The lowest BCUT2D eigenvalue weighted by atomic mass is 10.1. The van der Waals surface area contributed by atoms with Crippen LogP contribution >= 0.6 is 0 Å². The minimum Gasteiger partial charge on any atom is -0.385 e. The van der Waals surface area contributed by atoms with E-state index in [9.17, 15) is 4.79 Å². The van der Waals surface area contributed by atoms with Crippen molar-refractivity contribution in [1.82, 2.24) is 4.98 Å². The maximum absolute atomic E-state index is 12.2. The van der Waals surface area contributed by atoms with Gasteiger partial charge in [0.05, 0.1) is 11.2 Å². The second-order valence-corrected chi connectivity index (χ2v) is 5.98. The van der Waals surface area contributed by atoms with Crippen molar-refractivity contribution in [1.29, 1.82) is 0 Å². The van der Waals surface area contributed by atoms with Crippen LogP contribution in [0.4, 0.5) is 11.4 Å². The third-order valence-corrected chi connectivity index (χ3v) is 3.81. The lowest BCUT2D eigenvalue weighted by molar-refractivity contribution is -0.115. The highest BCUT2D eigenvalue weighted by molar-refractivity contribution is 6.00. The maximum atomic E-state index is 12.2. The van der Waals surface area contributed by atoms with Gasteiger partial charge in [-0.05, 0) is 49.2 Å². The van der Waals surface area contributed by atoms with Crippen molar-refractivity contribution in [3.8, 4) is 0 Å². The molecule has 0 aliphatic carbocycles. The molecule has 0 saturated carbocycles. The minimum absolute atomic E-state index is 0.0231. The summed E-state index contributed by atoms with van der Waals surface area (Å²) in [5.41, 5.74) is 5.04. The Labute approximate surface area is 141 Å². The van der Waals surface area contributed by atoms with Crippen LogP contribution in [0.1, 0.15) is 17.5 Å². The van der Waals surface area contributed by atoms with Gasteiger partial charge >= 0.3 is 0 Å². The number of para-hydroxylation sites is 1. The summed E-state index contributed by atoms with van der Waals surface area (Å²) in [6, 6.07) is 16.0. The van der Waals surface area contributed by atoms with Crippen LogP contribution in [0.3, 0.4) is 0 Å². The molecule has 2 aromatic carbocycles. The van der Waals surface area contributed by atoms with Gasteiger partial charge in [-0.15, -0.1) is 0 Å². The van der Waals surface area contributed by atoms with E-state index in [1.807, 2.05) is 30.3 Å². The number of fused-ring (bicyclic) bond motifs is 1. The molecule has 0 spiro atoms. The average molecular weight is 319 g/mol. The van der Waals surface area contributed by atoms with Gasteiger partial charge in [0.15, 0.2) is 0 Å². The fourth-order valence-electron chi connectivity index (χ4n) is 2.81. The SMILES string of the molecule is Cc1cc(C)cc(NCCC(=O)Nc2cccc3cccnc23)c1. The van der Waals surface area contributed by atoms with Crippen LogP contribution in [-0.2, 0) is 4.79 Å². The fraction of sp³-hybridized carbons (Fsp3) is 0.200. The highest BCUT2D eigenvalue weighted by Crippen LogP contribution is 2.20. The zero-order chi connectivity index (χ0) is 16.9. The second kappa shape index (κ2) is 7.13. The van der Waals surface area contributed by atoms with Crippen molar-refractivity contribution in [2.75, 3.05) is 17.2 Å². The predicted molar refractivity (Wildman–Crippen MR) is 99.4 cm³/mol. The predicted octanol–water partition coefficient (Wildman–Crippen LogP) is 4.29. The van der Waals surface area contributed by atoms with Crippen LogP contribution in [0.25, 0.3) is 10.9 Å². The lowest BCUT2D eigenvalue weighted by Gasteiger charge is -2.10. The molecule has 0 saturated heterocycles. The van der Waals surface area contributed by atoms with Gasteiger partial charge in [-0.1, -0.05) is 24.3 Å². The number of aromatic nitrogens is 1. The maximum Gasteiger partial charge on any atom is 0.226 e. The van der Waals surface area contributed by atoms with E-state index in [2.05, 4.69) is 47.7 Å². The summed E-state index contributed by atoms with van der Waals surface area (Å²) in [7, 11) is 0. The Bertz CT molecular complexity index is 848. The number of amides is 1. The molecule has 0 aliphatic rings. The summed E-state index contributed by atoms with van der Waals surface area (Å²) in [5, 5.41) is 7.27. The first-order valence-electron chi connectivity index (χ1n) is 8.07. The van der Waals surface area contributed by atoms with E-state index in [1.165, 1.54) is 11.1 Å². The normalized spacial score (nSPS) is 10.6. The first-order chi connectivity index (χ1) is 11.6. The van der Waals surface area contributed by atoms with Gasteiger partial charge in [0.2, 0.25) is 5.91 Å². The fourth-order valence-corrected chi connectivity index (χ4v) is 2.81. The smallest absolute Gasteiger partial charge is 0.226 e. The molecule has 0 aliphatic heterocycles. The van der Waals surface area contributed by atoms with Gasteiger partial charge in [-0.25, -0.2) is 0 Å². The summed E-state index contributed by atoms with van der Waals surface area (Å²) < 4.78 is 0. The van der Waals surface area contributed by atoms with E-state index >= 15 is 0 Å². The summed E-state index contributed by atoms with van der Waals surface area (Å²) >= 11 is 0. The molecule has 4 nitrogen and oxygen atoms in total. The minimum atomic E-state index is -0.0231. The summed E-state index contributed by atoms with van der Waals surface area (Å²) in [6.45, 7) is 4.73. The van der Waals surface area contributed by atoms with Gasteiger partial charge in [-0.3, -0.25) is 9.78 Å². The van der Waals surface area contributed by atoms with E-state index in [4.69, 9.17) is 0 Å². The van der Waals surface area contributed by atoms with Gasteiger partial charge in [-0.2, -0.15) is 0 Å². The number of benzene rings is 2. The van der Waals surface area contributed by atoms with Crippen LogP contribution in [0.5, 0.6) is 0 Å². The summed E-state index contributed by atoms with van der Waals surface area (Å²) in [5.74, 6) is -0.0231. The number of nitrogens with zero attached hydrogens (tertiary/aromatic N) is 1. The third-order valence-electron chi connectivity index (χ3n) is 3.81. The molecule has 122 valence electrons. The molecular formula is C20H21N3O. The zero-order valence-corrected chi connectivity index (χ0v) is 14.0. The van der Waals surface area contributed by atoms with Crippen LogP contribution in [0.15, 0.2) is 54.7 Å². The number of hydrogen-bond donors (Lipinski definition) is 2. The van der Waals surface area contributed by atoms with Crippen LogP contribution in [0.2, 0.25) is 0 Å². The number of aryl methyl sites for hydroxylation is 2.